The number of carbonyl (C=O) groups is 1. The van der Waals surface area contributed by atoms with Crippen LogP contribution in [0.15, 0.2) is 30.3 Å². The second-order valence-corrected chi connectivity index (χ2v) is 4.19. The van der Waals surface area contributed by atoms with Crippen LogP contribution in [-0.4, -0.2) is 24.2 Å². The molecule has 1 atom stereocenters. The Morgan fingerprint density at radius 2 is 1.83 bits per heavy atom. The van der Waals surface area contributed by atoms with Crippen LogP contribution in [0.4, 0.5) is 13.2 Å². The highest BCUT2D eigenvalue weighted by Gasteiger charge is 2.53. The van der Waals surface area contributed by atoms with Crippen LogP contribution in [0, 0.1) is 0 Å². The number of nitrogens with one attached hydrogen (secondary N) is 1. The maximum absolute atomic E-state index is 12.4. The fraction of sp³-hybridized carbons (Fsp3) is 0.417. The summed E-state index contributed by atoms with van der Waals surface area (Å²) in [5.41, 5.74) is 3.06. The quantitative estimate of drug-likeness (QED) is 0.864. The average Bonchev–Trinajstić information content (AvgIpc) is 2.28. The summed E-state index contributed by atoms with van der Waals surface area (Å²) in [5.74, 6) is -1.22. The summed E-state index contributed by atoms with van der Waals surface area (Å²) in [7, 11) is 0. The second-order valence-electron chi connectivity index (χ2n) is 4.19. The molecule has 0 aromatic heterocycles. The highest BCUT2D eigenvalue weighted by molar-refractivity contribution is 5.86. The van der Waals surface area contributed by atoms with E-state index < -0.39 is 17.6 Å². The largest absolute Gasteiger partial charge is 0.415 e. The highest BCUT2D eigenvalue weighted by Crippen LogP contribution is 2.27. The van der Waals surface area contributed by atoms with Gasteiger partial charge in [0, 0.05) is 6.54 Å². The molecule has 100 valence electrons. The minimum absolute atomic E-state index is 0.117. The monoisotopic (exact) mass is 260 g/mol. The Bertz CT molecular complexity index is 402. The second kappa shape index (κ2) is 5.39. The Labute approximate surface area is 103 Å². The predicted octanol–water partition coefficient (Wildman–Crippen LogP) is 1.62. The van der Waals surface area contributed by atoms with Gasteiger partial charge in [0.1, 0.15) is 0 Å². The molecule has 0 aliphatic rings. The summed E-state index contributed by atoms with van der Waals surface area (Å²) in [5, 5.41) is 2.19. The van der Waals surface area contributed by atoms with Gasteiger partial charge >= 0.3 is 6.18 Å². The van der Waals surface area contributed by atoms with Gasteiger partial charge in [-0.25, -0.2) is 0 Å². The van der Waals surface area contributed by atoms with Gasteiger partial charge in [0.15, 0.2) is 5.54 Å². The van der Waals surface area contributed by atoms with E-state index >= 15 is 0 Å². The molecule has 1 amide bonds. The summed E-state index contributed by atoms with van der Waals surface area (Å²) in [6.07, 6.45) is -4.30. The number of hydrogen-bond donors (Lipinski definition) is 2. The normalized spacial score (nSPS) is 14.9. The summed E-state index contributed by atoms with van der Waals surface area (Å²) < 4.78 is 37.3. The number of rotatable bonds is 4. The molecule has 0 heterocycles. The Morgan fingerprint density at radius 3 is 2.33 bits per heavy atom. The molecule has 6 heteroatoms. The zero-order valence-electron chi connectivity index (χ0n) is 9.92. The van der Waals surface area contributed by atoms with E-state index in [1.807, 2.05) is 30.3 Å². The van der Waals surface area contributed by atoms with Crippen molar-refractivity contribution in [1.82, 2.24) is 5.32 Å². The number of hydrogen-bond acceptors (Lipinski definition) is 2. The number of halogens is 3. The third kappa shape index (κ3) is 3.46. The topological polar surface area (TPSA) is 55.1 Å². The van der Waals surface area contributed by atoms with Crippen LogP contribution >= 0.6 is 0 Å². The third-order valence-corrected chi connectivity index (χ3v) is 2.60. The number of alkyl halides is 3. The molecule has 0 aliphatic heterocycles. The molecule has 0 aliphatic carbocycles. The number of amides is 1. The van der Waals surface area contributed by atoms with Gasteiger partial charge in [-0.3, -0.25) is 4.79 Å². The number of carbonyl (C=O) groups excluding carboxylic acids is 1. The first-order valence-electron chi connectivity index (χ1n) is 5.43. The van der Waals surface area contributed by atoms with E-state index in [0.29, 0.717) is 13.3 Å². The van der Waals surface area contributed by atoms with Crippen molar-refractivity contribution >= 4 is 5.91 Å². The fourth-order valence-corrected chi connectivity index (χ4v) is 1.28. The SMILES string of the molecule is CC(N)(C(=O)NCCc1ccccc1)C(F)(F)F. The lowest BCUT2D eigenvalue weighted by Gasteiger charge is -2.26. The minimum Gasteiger partial charge on any atom is -0.354 e. The predicted molar refractivity (Wildman–Crippen MR) is 61.8 cm³/mol. The maximum Gasteiger partial charge on any atom is 0.415 e. The van der Waals surface area contributed by atoms with Gasteiger partial charge in [-0.15, -0.1) is 0 Å². The highest BCUT2D eigenvalue weighted by atomic mass is 19.4. The fourth-order valence-electron chi connectivity index (χ4n) is 1.28. The van der Waals surface area contributed by atoms with Crippen LogP contribution < -0.4 is 11.1 Å². The molecular weight excluding hydrogens is 245 g/mol. The molecule has 0 spiro atoms. The summed E-state index contributed by atoms with van der Waals surface area (Å²) >= 11 is 0. The Balaban J connectivity index is 2.48. The van der Waals surface area contributed by atoms with Crippen molar-refractivity contribution in [3.63, 3.8) is 0 Å². The third-order valence-electron chi connectivity index (χ3n) is 2.60. The lowest BCUT2D eigenvalue weighted by molar-refractivity contribution is -0.187. The molecular formula is C12H15F3N2O. The zero-order valence-corrected chi connectivity index (χ0v) is 9.92. The van der Waals surface area contributed by atoms with E-state index in [1.54, 1.807) is 0 Å². The van der Waals surface area contributed by atoms with E-state index in [4.69, 9.17) is 5.73 Å². The smallest absolute Gasteiger partial charge is 0.354 e. The van der Waals surface area contributed by atoms with Crippen LogP contribution in [0.5, 0.6) is 0 Å². The summed E-state index contributed by atoms with van der Waals surface area (Å²) in [6, 6.07) is 9.14. The molecule has 0 radical (unpaired) electrons. The van der Waals surface area contributed by atoms with E-state index in [1.165, 1.54) is 0 Å². The zero-order chi connectivity index (χ0) is 13.8. The molecule has 0 saturated heterocycles. The van der Waals surface area contributed by atoms with Crippen molar-refractivity contribution in [2.45, 2.75) is 25.1 Å². The van der Waals surface area contributed by atoms with Gasteiger partial charge in [-0.05, 0) is 18.9 Å². The number of nitrogens with two attached hydrogens (primary N) is 1. The molecule has 18 heavy (non-hydrogen) atoms. The van der Waals surface area contributed by atoms with E-state index in [0.717, 1.165) is 5.56 Å². The Kier molecular flexibility index (Phi) is 4.34. The van der Waals surface area contributed by atoms with E-state index in [9.17, 15) is 18.0 Å². The number of benzene rings is 1. The average molecular weight is 260 g/mol. The van der Waals surface area contributed by atoms with E-state index in [2.05, 4.69) is 5.32 Å². The van der Waals surface area contributed by atoms with Crippen LogP contribution in [0.25, 0.3) is 0 Å². The van der Waals surface area contributed by atoms with Gasteiger partial charge in [0.2, 0.25) is 5.91 Å². The van der Waals surface area contributed by atoms with Crippen LogP contribution in [0.2, 0.25) is 0 Å². The molecule has 1 rings (SSSR count). The first-order chi connectivity index (χ1) is 8.25. The first kappa shape index (κ1) is 14.5. The first-order valence-corrected chi connectivity index (χ1v) is 5.43. The van der Waals surface area contributed by atoms with Crippen molar-refractivity contribution in [2.24, 2.45) is 5.73 Å². The molecule has 3 nitrogen and oxygen atoms in total. The summed E-state index contributed by atoms with van der Waals surface area (Å²) in [6.45, 7) is 0.774. The minimum atomic E-state index is -4.76. The van der Waals surface area contributed by atoms with Crippen molar-refractivity contribution in [3.8, 4) is 0 Å². The lowest BCUT2D eigenvalue weighted by Crippen LogP contribution is -2.61. The molecule has 0 bridgehead atoms. The van der Waals surface area contributed by atoms with Crippen LogP contribution in [0.1, 0.15) is 12.5 Å². The molecule has 0 saturated carbocycles. The lowest BCUT2D eigenvalue weighted by atomic mass is 10.0. The van der Waals surface area contributed by atoms with Crippen molar-refractivity contribution in [3.05, 3.63) is 35.9 Å². The Hall–Kier alpha value is -1.56. The van der Waals surface area contributed by atoms with Gasteiger partial charge in [-0.2, -0.15) is 13.2 Å². The molecule has 0 fully saturated rings. The van der Waals surface area contributed by atoms with Gasteiger partial charge < -0.3 is 11.1 Å². The molecule has 1 aromatic carbocycles. The maximum atomic E-state index is 12.4. The molecule has 3 N–H and O–H groups in total. The van der Waals surface area contributed by atoms with Crippen molar-refractivity contribution < 1.29 is 18.0 Å². The van der Waals surface area contributed by atoms with Gasteiger partial charge in [0.25, 0.3) is 0 Å². The van der Waals surface area contributed by atoms with Crippen LogP contribution in [-0.2, 0) is 11.2 Å². The van der Waals surface area contributed by atoms with Gasteiger partial charge in [0.05, 0.1) is 0 Å². The van der Waals surface area contributed by atoms with Crippen molar-refractivity contribution in [2.75, 3.05) is 6.54 Å². The van der Waals surface area contributed by atoms with E-state index in [-0.39, 0.29) is 6.54 Å². The standard InChI is InChI=1S/C12H15F3N2O/c1-11(16,12(13,14)15)10(18)17-8-7-9-5-3-2-4-6-9/h2-6H,7-8,16H2,1H3,(H,17,18). The summed E-state index contributed by atoms with van der Waals surface area (Å²) in [4.78, 5) is 11.3. The molecule has 1 unspecified atom stereocenters. The Morgan fingerprint density at radius 1 is 1.28 bits per heavy atom. The van der Waals surface area contributed by atoms with Gasteiger partial charge in [-0.1, -0.05) is 30.3 Å². The van der Waals surface area contributed by atoms with Crippen molar-refractivity contribution in [1.29, 1.82) is 0 Å². The molecule has 1 aromatic rings. The van der Waals surface area contributed by atoms with Crippen LogP contribution in [0.3, 0.4) is 0 Å².